The third-order valence-electron chi connectivity index (χ3n) is 2.80. The lowest BCUT2D eigenvalue weighted by molar-refractivity contribution is 0.828. The number of benzene rings is 1. The predicted molar refractivity (Wildman–Crippen MR) is 70.0 cm³/mol. The van der Waals surface area contributed by atoms with Crippen molar-refractivity contribution in [3.63, 3.8) is 0 Å². The van der Waals surface area contributed by atoms with Gasteiger partial charge in [-0.05, 0) is 18.2 Å². The summed E-state index contributed by atoms with van der Waals surface area (Å²) in [7, 11) is 0. The molecule has 0 bridgehead atoms. The number of aromatic nitrogens is 2. The summed E-state index contributed by atoms with van der Waals surface area (Å²) in [5, 5.41) is 0. The Kier molecular flexibility index (Phi) is 2.40. The fourth-order valence-electron chi connectivity index (χ4n) is 1.94. The molecular formula is C11H14N4S. The van der Waals surface area contributed by atoms with Crippen molar-refractivity contribution < 1.29 is 0 Å². The van der Waals surface area contributed by atoms with Crippen molar-refractivity contribution in [1.29, 1.82) is 0 Å². The Bertz CT molecular complexity index is 502. The van der Waals surface area contributed by atoms with Gasteiger partial charge in [-0.15, -0.1) is 0 Å². The molecule has 0 radical (unpaired) electrons. The van der Waals surface area contributed by atoms with Gasteiger partial charge in [0.1, 0.15) is 0 Å². The summed E-state index contributed by atoms with van der Waals surface area (Å²) in [5.74, 6) is 3.33. The Morgan fingerprint density at radius 1 is 1.31 bits per heavy atom. The first-order valence-corrected chi connectivity index (χ1v) is 6.56. The minimum Gasteiger partial charge on any atom is -0.399 e. The molecule has 84 valence electrons. The summed E-state index contributed by atoms with van der Waals surface area (Å²) in [5.41, 5.74) is 8.53. The molecule has 3 N–H and O–H groups in total. The molecule has 1 aromatic carbocycles. The van der Waals surface area contributed by atoms with E-state index in [0.29, 0.717) is 0 Å². The van der Waals surface area contributed by atoms with E-state index < -0.39 is 0 Å². The SMILES string of the molecule is Nc1ccc2nc(N3CCSCC3)[nH]c2c1. The van der Waals surface area contributed by atoms with Gasteiger partial charge >= 0.3 is 0 Å². The molecule has 1 fully saturated rings. The number of nitrogens with one attached hydrogen (secondary N) is 1. The second kappa shape index (κ2) is 3.90. The second-order valence-electron chi connectivity index (χ2n) is 3.94. The van der Waals surface area contributed by atoms with Gasteiger partial charge in [0.05, 0.1) is 11.0 Å². The van der Waals surface area contributed by atoms with Crippen molar-refractivity contribution in [2.45, 2.75) is 0 Å². The Morgan fingerprint density at radius 3 is 2.94 bits per heavy atom. The number of rotatable bonds is 1. The lowest BCUT2D eigenvalue weighted by atomic mass is 10.3. The van der Waals surface area contributed by atoms with Crippen molar-refractivity contribution in [3.8, 4) is 0 Å². The zero-order valence-corrected chi connectivity index (χ0v) is 9.76. The summed E-state index contributed by atoms with van der Waals surface area (Å²) >= 11 is 2.00. The predicted octanol–water partition coefficient (Wildman–Crippen LogP) is 1.70. The van der Waals surface area contributed by atoms with Crippen LogP contribution in [0.4, 0.5) is 11.6 Å². The molecule has 0 amide bonds. The summed E-state index contributed by atoms with van der Waals surface area (Å²) < 4.78 is 0. The van der Waals surface area contributed by atoms with Crippen LogP contribution in [0, 0.1) is 0 Å². The van der Waals surface area contributed by atoms with Crippen molar-refractivity contribution in [2.24, 2.45) is 0 Å². The summed E-state index contributed by atoms with van der Waals surface area (Å²) in [4.78, 5) is 10.2. The van der Waals surface area contributed by atoms with Crippen LogP contribution >= 0.6 is 11.8 Å². The number of hydrogen-bond donors (Lipinski definition) is 2. The van der Waals surface area contributed by atoms with Gasteiger partial charge in [0.15, 0.2) is 0 Å². The Morgan fingerprint density at radius 2 is 2.12 bits per heavy atom. The number of hydrogen-bond acceptors (Lipinski definition) is 4. The molecule has 1 saturated heterocycles. The molecule has 0 aliphatic carbocycles. The van der Waals surface area contributed by atoms with Crippen LogP contribution in [-0.4, -0.2) is 34.6 Å². The minimum absolute atomic E-state index is 0.775. The van der Waals surface area contributed by atoms with E-state index in [4.69, 9.17) is 5.73 Å². The lowest BCUT2D eigenvalue weighted by Crippen LogP contribution is -2.33. The first kappa shape index (κ1) is 9.84. The van der Waals surface area contributed by atoms with Gasteiger partial charge in [-0.1, -0.05) is 0 Å². The number of fused-ring (bicyclic) bond motifs is 1. The van der Waals surface area contributed by atoms with Crippen LogP contribution in [-0.2, 0) is 0 Å². The monoisotopic (exact) mass is 234 g/mol. The van der Waals surface area contributed by atoms with Gasteiger partial charge in [-0.25, -0.2) is 4.98 Å². The number of H-pyrrole nitrogens is 1. The molecule has 1 aromatic heterocycles. The van der Waals surface area contributed by atoms with Crippen molar-refractivity contribution in [2.75, 3.05) is 35.2 Å². The smallest absolute Gasteiger partial charge is 0.203 e. The van der Waals surface area contributed by atoms with Gasteiger partial charge in [-0.3, -0.25) is 0 Å². The molecule has 2 heterocycles. The molecule has 0 saturated carbocycles. The molecule has 1 aliphatic rings. The van der Waals surface area contributed by atoms with Gasteiger partial charge in [0.2, 0.25) is 5.95 Å². The zero-order valence-electron chi connectivity index (χ0n) is 8.94. The summed E-state index contributed by atoms with van der Waals surface area (Å²) in [6.07, 6.45) is 0. The molecule has 16 heavy (non-hydrogen) atoms. The minimum atomic E-state index is 0.775. The highest BCUT2D eigenvalue weighted by Crippen LogP contribution is 2.21. The van der Waals surface area contributed by atoms with Gasteiger partial charge < -0.3 is 15.6 Å². The highest BCUT2D eigenvalue weighted by molar-refractivity contribution is 7.99. The molecule has 2 aromatic rings. The number of imidazole rings is 1. The molecule has 4 nitrogen and oxygen atoms in total. The van der Waals surface area contributed by atoms with E-state index in [1.807, 2.05) is 30.0 Å². The van der Waals surface area contributed by atoms with Crippen LogP contribution in [0.1, 0.15) is 0 Å². The van der Waals surface area contributed by atoms with Crippen LogP contribution in [0.25, 0.3) is 11.0 Å². The first-order valence-electron chi connectivity index (χ1n) is 5.41. The highest BCUT2D eigenvalue weighted by atomic mass is 32.2. The highest BCUT2D eigenvalue weighted by Gasteiger charge is 2.14. The molecule has 0 unspecified atom stereocenters. The molecular weight excluding hydrogens is 220 g/mol. The molecule has 3 rings (SSSR count). The standard InChI is InChI=1S/C11H14N4S/c12-8-1-2-9-10(7-8)14-11(13-9)15-3-5-16-6-4-15/h1-2,7H,3-6,12H2,(H,13,14). The van der Waals surface area contributed by atoms with E-state index in [1.54, 1.807) is 0 Å². The van der Waals surface area contributed by atoms with Crippen LogP contribution in [0.5, 0.6) is 0 Å². The maximum absolute atomic E-state index is 5.75. The van der Waals surface area contributed by atoms with Gasteiger partial charge in [0, 0.05) is 30.3 Å². The van der Waals surface area contributed by atoms with Gasteiger partial charge in [0.25, 0.3) is 0 Å². The van der Waals surface area contributed by atoms with E-state index in [2.05, 4.69) is 14.9 Å². The van der Waals surface area contributed by atoms with Crippen LogP contribution in [0.3, 0.4) is 0 Å². The fourth-order valence-corrected chi connectivity index (χ4v) is 2.84. The van der Waals surface area contributed by atoms with Crippen LogP contribution in [0.15, 0.2) is 18.2 Å². The first-order chi connectivity index (χ1) is 7.83. The fraction of sp³-hybridized carbons (Fsp3) is 0.364. The number of thioether (sulfide) groups is 1. The maximum Gasteiger partial charge on any atom is 0.203 e. The normalized spacial score (nSPS) is 16.9. The van der Waals surface area contributed by atoms with E-state index >= 15 is 0 Å². The van der Waals surface area contributed by atoms with Crippen LogP contribution < -0.4 is 10.6 Å². The quantitative estimate of drug-likeness (QED) is 0.737. The van der Waals surface area contributed by atoms with E-state index in [-0.39, 0.29) is 0 Å². The summed E-state index contributed by atoms with van der Waals surface area (Å²) in [6, 6.07) is 5.78. The van der Waals surface area contributed by atoms with Crippen molar-refractivity contribution in [3.05, 3.63) is 18.2 Å². The Hall–Kier alpha value is -1.36. The lowest BCUT2D eigenvalue weighted by Gasteiger charge is -2.25. The number of nitrogens with two attached hydrogens (primary N) is 1. The third kappa shape index (κ3) is 1.71. The number of nitrogen functional groups attached to an aromatic ring is 1. The Labute approximate surface area is 98.2 Å². The number of nitrogens with zero attached hydrogens (tertiary/aromatic N) is 2. The van der Waals surface area contributed by atoms with Crippen molar-refractivity contribution >= 4 is 34.4 Å². The van der Waals surface area contributed by atoms with Crippen LogP contribution in [0.2, 0.25) is 0 Å². The van der Waals surface area contributed by atoms with Crippen molar-refractivity contribution in [1.82, 2.24) is 9.97 Å². The zero-order chi connectivity index (χ0) is 11.0. The number of anilines is 2. The maximum atomic E-state index is 5.75. The van der Waals surface area contributed by atoms with Gasteiger partial charge in [-0.2, -0.15) is 11.8 Å². The number of aromatic amines is 1. The molecule has 0 atom stereocenters. The summed E-state index contributed by atoms with van der Waals surface area (Å²) in [6.45, 7) is 2.14. The third-order valence-corrected chi connectivity index (χ3v) is 3.75. The molecule has 0 spiro atoms. The average Bonchev–Trinajstić information content (AvgIpc) is 2.73. The van der Waals surface area contributed by atoms with E-state index in [9.17, 15) is 0 Å². The van der Waals surface area contributed by atoms with E-state index in [1.165, 1.54) is 11.5 Å². The molecule has 5 heteroatoms. The average molecular weight is 234 g/mol. The molecule has 1 aliphatic heterocycles. The van der Waals surface area contributed by atoms with E-state index in [0.717, 1.165) is 35.8 Å². The Balaban J connectivity index is 1.97. The topological polar surface area (TPSA) is 57.9 Å². The largest absolute Gasteiger partial charge is 0.399 e. The second-order valence-corrected chi connectivity index (χ2v) is 5.16.